The van der Waals surface area contributed by atoms with E-state index >= 15 is 0 Å². The molecule has 0 amide bonds. The lowest BCUT2D eigenvalue weighted by molar-refractivity contribution is 0.629. The molecule has 0 bridgehead atoms. The van der Waals surface area contributed by atoms with Gasteiger partial charge in [-0.15, -0.1) is 0 Å². The van der Waals surface area contributed by atoms with E-state index in [9.17, 15) is 4.39 Å². The summed E-state index contributed by atoms with van der Waals surface area (Å²) < 4.78 is 13.1. The largest absolute Gasteiger partial charge is 0.369 e. The van der Waals surface area contributed by atoms with E-state index in [0.29, 0.717) is 17.9 Å². The van der Waals surface area contributed by atoms with E-state index in [1.54, 1.807) is 24.4 Å². The summed E-state index contributed by atoms with van der Waals surface area (Å²) in [5, 5.41) is 13.2. The monoisotopic (exact) mass is 280 g/mol. The third-order valence-corrected chi connectivity index (χ3v) is 3.34. The van der Waals surface area contributed by atoms with Crippen molar-refractivity contribution in [3.63, 3.8) is 0 Å². The molecule has 0 saturated heterocycles. The zero-order valence-electron chi connectivity index (χ0n) is 11.2. The van der Waals surface area contributed by atoms with Gasteiger partial charge in [-0.05, 0) is 42.3 Å². The quantitative estimate of drug-likeness (QED) is 0.771. The summed E-state index contributed by atoms with van der Waals surface area (Å²) in [4.78, 5) is 7.22. The molecule has 0 saturated carbocycles. The van der Waals surface area contributed by atoms with Gasteiger partial charge in [0.05, 0.1) is 5.56 Å². The number of benzene rings is 1. The third-order valence-electron chi connectivity index (χ3n) is 3.34. The van der Waals surface area contributed by atoms with Crippen molar-refractivity contribution >= 4 is 16.7 Å². The lowest BCUT2D eigenvalue weighted by atomic mass is 10.1. The molecule has 0 unspecified atom stereocenters. The van der Waals surface area contributed by atoms with Gasteiger partial charge in [0.15, 0.2) is 0 Å². The van der Waals surface area contributed by atoms with Gasteiger partial charge >= 0.3 is 0 Å². The molecule has 0 aliphatic rings. The minimum absolute atomic E-state index is 0.249. The molecule has 0 spiro atoms. The van der Waals surface area contributed by atoms with Crippen LogP contribution in [0.4, 0.5) is 10.2 Å². The molecule has 1 aromatic carbocycles. The van der Waals surface area contributed by atoms with Gasteiger partial charge in [-0.2, -0.15) is 5.26 Å². The third kappa shape index (κ3) is 2.70. The van der Waals surface area contributed by atoms with Crippen LogP contribution in [-0.2, 0) is 6.42 Å². The summed E-state index contributed by atoms with van der Waals surface area (Å²) in [6.45, 7) is 0.649. The molecule has 0 aliphatic heterocycles. The van der Waals surface area contributed by atoms with Crippen LogP contribution in [-0.4, -0.2) is 16.5 Å². The Hall–Kier alpha value is -2.87. The van der Waals surface area contributed by atoms with Crippen LogP contribution >= 0.6 is 0 Å². The summed E-state index contributed by atoms with van der Waals surface area (Å²) in [5.41, 5.74) is 2.42. The van der Waals surface area contributed by atoms with Crippen molar-refractivity contribution in [2.45, 2.75) is 6.42 Å². The van der Waals surface area contributed by atoms with Gasteiger partial charge in [0.2, 0.25) is 0 Å². The van der Waals surface area contributed by atoms with Crippen molar-refractivity contribution in [1.82, 2.24) is 9.97 Å². The number of anilines is 1. The molecule has 0 fully saturated rings. The fourth-order valence-corrected chi connectivity index (χ4v) is 2.32. The Morgan fingerprint density at radius 1 is 1.33 bits per heavy atom. The Kier molecular flexibility index (Phi) is 3.52. The smallest absolute Gasteiger partial charge is 0.143 e. The van der Waals surface area contributed by atoms with Crippen LogP contribution in [0.25, 0.3) is 10.9 Å². The van der Waals surface area contributed by atoms with Gasteiger partial charge in [-0.3, -0.25) is 0 Å². The second-order valence-electron chi connectivity index (χ2n) is 4.69. The highest BCUT2D eigenvalue weighted by Crippen LogP contribution is 2.20. The predicted molar refractivity (Wildman–Crippen MR) is 79.4 cm³/mol. The van der Waals surface area contributed by atoms with Crippen LogP contribution in [0.15, 0.2) is 42.7 Å². The number of nitriles is 1. The van der Waals surface area contributed by atoms with Crippen molar-refractivity contribution in [2.75, 3.05) is 11.9 Å². The Bertz CT molecular complexity index is 817. The van der Waals surface area contributed by atoms with Gasteiger partial charge in [0.1, 0.15) is 17.7 Å². The number of nitrogens with one attached hydrogen (secondary N) is 2. The fourth-order valence-electron chi connectivity index (χ4n) is 2.32. The van der Waals surface area contributed by atoms with Crippen LogP contribution in [0.3, 0.4) is 0 Å². The molecular weight excluding hydrogens is 267 g/mol. The van der Waals surface area contributed by atoms with E-state index in [0.717, 1.165) is 22.9 Å². The van der Waals surface area contributed by atoms with Crippen molar-refractivity contribution in [3.8, 4) is 6.07 Å². The first-order valence-electron chi connectivity index (χ1n) is 6.62. The van der Waals surface area contributed by atoms with Crippen LogP contribution < -0.4 is 5.32 Å². The summed E-state index contributed by atoms with van der Waals surface area (Å²) in [6.07, 6.45) is 4.29. The maximum Gasteiger partial charge on any atom is 0.143 e. The van der Waals surface area contributed by atoms with E-state index in [1.165, 1.54) is 12.1 Å². The first-order chi connectivity index (χ1) is 10.3. The lowest BCUT2D eigenvalue weighted by Crippen LogP contribution is -2.07. The molecule has 2 aromatic heterocycles. The average molecular weight is 280 g/mol. The number of H-pyrrole nitrogens is 1. The number of aromatic nitrogens is 2. The first-order valence-corrected chi connectivity index (χ1v) is 6.62. The number of nitrogens with zero attached hydrogens (tertiary/aromatic N) is 2. The van der Waals surface area contributed by atoms with Crippen molar-refractivity contribution in [1.29, 1.82) is 5.26 Å². The van der Waals surface area contributed by atoms with Gasteiger partial charge in [-0.25, -0.2) is 9.37 Å². The highest BCUT2D eigenvalue weighted by atomic mass is 19.1. The zero-order chi connectivity index (χ0) is 14.7. The Labute approximate surface area is 121 Å². The van der Waals surface area contributed by atoms with E-state index < -0.39 is 0 Å². The molecule has 0 radical (unpaired) electrons. The fraction of sp³-hybridized carbons (Fsp3) is 0.125. The molecule has 2 N–H and O–H groups in total. The maximum atomic E-state index is 13.1. The molecule has 2 heterocycles. The van der Waals surface area contributed by atoms with E-state index in [4.69, 9.17) is 5.26 Å². The molecule has 4 nitrogen and oxygen atoms in total. The average Bonchev–Trinajstić information content (AvgIpc) is 2.90. The van der Waals surface area contributed by atoms with Crippen LogP contribution in [0.1, 0.15) is 11.1 Å². The topological polar surface area (TPSA) is 64.5 Å². The molecule has 0 atom stereocenters. The number of hydrogen-bond donors (Lipinski definition) is 2. The van der Waals surface area contributed by atoms with Gasteiger partial charge in [-0.1, -0.05) is 0 Å². The molecular formula is C16H13FN4. The number of rotatable bonds is 4. The first kappa shape index (κ1) is 13.1. The lowest BCUT2D eigenvalue weighted by Gasteiger charge is -2.06. The van der Waals surface area contributed by atoms with Crippen molar-refractivity contribution in [3.05, 3.63) is 59.7 Å². The highest BCUT2D eigenvalue weighted by Gasteiger charge is 2.06. The molecule has 3 rings (SSSR count). The molecule has 5 heteroatoms. The van der Waals surface area contributed by atoms with Gasteiger partial charge in [0, 0.05) is 29.8 Å². The second kappa shape index (κ2) is 5.63. The van der Waals surface area contributed by atoms with E-state index in [2.05, 4.69) is 21.4 Å². The number of fused-ring (bicyclic) bond motifs is 1. The Morgan fingerprint density at radius 2 is 2.24 bits per heavy atom. The minimum Gasteiger partial charge on any atom is -0.369 e. The molecule has 0 aliphatic carbocycles. The van der Waals surface area contributed by atoms with E-state index in [-0.39, 0.29) is 5.82 Å². The van der Waals surface area contributed by atoms with Crippen molar-refractivity contribution < 1.29 is 4.39 Å². The molecule has 104 valence electrons. The number of pyridine rings is 1. The predicted octanol–water partition coefficient (Wildman–Crippen LogP) is 3.23. The van der Waals surface area contributed by atoms with Crippen LogP contribution in [0, 0.1) is 17.1 Å². The second-order valence-corrected chi connectivity index (χ2v) is 4.69. The summed E-state index contributed by atoms with van der Waals surface area (Å²) in [6, 6.07) is 10.3. The Morgan fingerprint density at radius 3 is 3.10 bits per heavy atom. The number of hydrogen-bond acceptors (Lipinski definition) is 3. The van der Waals surface area contributed by atoms with Gasteiger partial charge < -0.3 is 10.3 Å². The summed E-state index contributed by atoms with van der Waals surface area (Å²) in [5.74, 6) is 0.340. The normalized spacial score (nSPS) is 10.5. The maximum absolute atomic E-state index is 13.1. The number of aromatic amines is 1. The zero-order valence-corrected chi connectivity index (χ0v) is 11.2. The summed E-state index contributed by atoms with van der Waals surface area (Å²) >= 11 is 0. The number of halogens is 1. The van der Waals surface area contributed by atoms with Crippen LogP contribution in [0.5, 0.6) is 0 Å². The van der Waals surface area contributed by atoms with E-state index in [1.807, 2.05) is 6.20 Å². The SMILES string of the molecule is N#Cc1cccnc1NCCc1c[nH]c2cc(F)ccc12. The Balaban J connectivity index is 1.71. The van der Waals surface area contributed by atoms with Crippen molar-refractivity contribution in [2.24, 2.45) is 0 Å². The van der Waals surface area contributed by atoms with Gasteiger partial charge in [0.25, 0.3) is 0 Å². The summed E-state index contributed by atoms with van der Waals surface area (Å²) in [7, 11) is 0. The molecule has 21 heavy (non-hydrogen) atoms. The highest BCUT2D eigenvalue weighted by molar-refractivity contribution is 5.83. The van der Waals surface area contributed by atoms with Crippen LogP contribution in [0.2, 0.25) is 0 Å². The minimum atomic E-state index is -0.249. The standard InChI is InChI=1S/C16H13FN4/c17-13-3-4-14-12(10-21-15(14)8-13)5-7-20-16-11(9-18)2-1-6-19-16/h1-4,6,8,10,21H,5,7H2,(H,19,20). The molecule has 3 aromatic rings.